The summed E-state index contributed by atoms with van der Waals surface area (Å²) in [5, 5.41) is 15.8. The first-order chi connectivity index (χ1) is 11.5. The van der Waals surface area contributed by atoms with Crippen LogP contribution in [0, 0.1) is 6.92 Å². The Morgan fingerprint density at radius 2 is 2.08 bits per heavy atom. The van der Waals surface area contributed by atoms with E-state index in [9.17, 15) is 9.90 Å². The van der Waals surface area contributed by atoms with E-state index >= 15 is 0 Å². The third kappa shape index (κ3) is 3.66. The zero-order chi connectivity index (χ0) is 17.1. The van der Waals surface area contributed by atoms with Crippen molar-refractivity contribution in [1.82, 2.24) is 15.0 Å². The quantitative estimate of drug-likeness (QED) is 0.673. The lowest BCUT2D eigenvalue weighted by atomic mass is 10.3. The van der Waals surface area contributed by atoms with Gasteiger partial charge in [-0.25, -0.2) is 15.0 Å². The first-order valence-corrected chi connectivity index (χ1v) is 7.97. The molecule has 2 heterocycles. The highest BCUT2D eigenvalue weighted by molar-refractivity contribution is 7.19. The predicted molar refractivity (Wildman–Crippen MR) is 93.6 cm³/mol. The molecule has 0 spiro atoms. The zero-order valence-corrected chi connectivity index (χ0v) is 13.9. The molecule has 0 aliphatic carbocycles. The van der Waals surface area contributed by atoms with Crippen LogP contribution < -0.4 is 10.6 Å². The number of nitrogens with one attached hydrogen (secondary N) is 2. The fourth-order valence-electron chi connectivity index (χ4n) is 2.10. The average Bonchev–Trinajstić information content (AvgIpc) is 2.87. The van der Waals surface area contributed by atoms with Crippen LogP contribution in [0.25, 0.3) is 10.6 Å². The number of aromatic hydroxyl groups is 1. The number of thiazole rings is 1. The van der Waals surface area contributed by atoms with Crippen molar-refractivity contribution in [3.05, 3.63) is 42.2 Å². The number of benzene rings is 1. The van der Waals surface area contributed by atoms with Crippen molar-refractivity contribution in [2.24, 2.45) is 0 Å². The molecule has 0 fully saturated rings. The molecule has 3 rings (SSSR count). The van der Waals surface area contributed by atoms with Crippen molar-refractivity contribution in [2.75, 3.05) is 10.6 Å². The van der Waals surface area contributed by atoms with Gasteiger partial charge in [0.05, 0.1) is 16.3 Å². The van der Waals surface area contributed by atoms with Crippen molar-refractivity contribution in [1.29, 1.82) is 0 Å². The zero-order valence-electron chi connectivity index (χ0n) is 13.1. The molecule has 0 unspecified atom stereocenters. The van der Waals surface area contributed by atoms with Crippen molar-refractivity contribution in [2.45, 2.75) is 13.8 Å². The molecule has 122 valence electrons. The second-order valence-electron chi connectivity index (χ2n) is 5.06. The van der Waals surface area contributed by atoms with Crippen LogP contribution in [0.15, 0.2) is 36.5 Å². The molecule has 1 aromatic carbocycles. The molecule has 0 aliphatic rings. The van der Waals surface area contributed by atoms with E-state index in [2.05, 4.69) is 25.6 Å². The van der Waals surface area contributed by atoms with E-state index in [1.807, 2.05) is 13.0 Å². The van der Waals surface area contributed by atoms with Crippen LogP contribution in [0.2, 0.25) is 0 Å². The van der Waals surface area contributed by atoms with Gasteiger partial charge in [0.25, 0.3) is 0 Å². The van der Waals surface area contributed by atoms with Gasteiger partial charge in [-0.1, -0.05) is 17.4 Å². The summed E-state index contributed by atoms with van der Waals surface area (Å²) < 4.78 is 0. The maximum Gasteiger partial charge on any atom is 0.227 e. The van der Waals surface area contributed by atoms with E-state index in [0.717, 1.165) is 10.6 Å². The van der Waals surface area contributed by atoms with Crippen molar-refractivity contribution in [3.8, 4) is 16.3 Å². The van der Waals surface area contributed by atoms with Gasteiger partial charge in [-0.15, -0.1) is 0 Å². The molecule has 0 bridgehead atoms. The Kier molecular flexibility index (Phi) is 4.39. The number of nitrogens with zero attached hydrogens (tertiary/aromatic N) is 3. The van der Waals surface area contributed by atoms with Gasteiger partial charge in [0.15, 0.2) is 5.13 Å². The molecule has 0 radical (unpaired) electrons. The summed E-state index contributed by atoms with van der Waals surface area (Å²) in [5.41, 5.74) is 2.18. The number of rotatable bonds is 4. The molecule has 3 aromatic rings. The fourth-order valence-corrected chi connectivity index (χ4v) is 3.08. The molecular weight excluding hydrogens is 326 g/mol. The van der Waals surface area contributed by atoms with Crippen LogP contribution in [0.3, 0.4) is 0 Å². The summed E-state index contributed by atoms with van der Waals surface area (Å²) in [6.07, 6.45) is 1.64. The number of phenols is 1. The summed E-state index contributed by atoms with van der Waals surface area (Å²) in [6.45, 7) is 3.31. The molecule has 0 atom stereocenters. The number of aryl methyl sites for hydroxylation is 1. The maximum absolute atomic E-state index is 11.2. The number of hydrogen-bond donors (Lipinski definition) is 3. The summed E-state index contributed by atoms with van der Waals surface area (Å²) >= 11 is 1.36. The Morgan fingerprint density at radius 1 is 1.25 bits per heavy atom. The summed E-state index contributed by atoms with van der Waals surface area (Å²) in [5.74, 6) is 0.408. The van der Waals surface area contributed by atoms with E-state index < -0.39 is 0 Å². The fraction of sp³-hybridized carbons (Fsp3) is 0.125. The van der Waals surface area contributed by atoms with Crippen molar-refractivity contribution >= 4 is 34.0 Å². The molecule has 7 nitrogen and oxygen atoms in total. The molecule has 0 saturated heterocycles. The number of anilines is 3. The standard InChI is InChI=1S/C16H15N5O2S/c1-9-14(24-16(18-9)19-10(2)22)13-6-7-17-15(21-13)20-11-4-3-5-12(23)8-11/h3-8,23H,1-2H3,(H,17,20,21)(H,18,19,22). The smallest absolute Gasteiger partial charge is 0.227 e. The highest BCUT2D eigenvalue weighted by Crippen LogP contribution is 2.32. The third-order valence-electron chi connectivity index (χ3n) is 3.07. The summed E-state index contributed by atoms with van der Waals surface area (Å²) in [6, 6.07) is 8.50. The van der Waals surface area contributed by atoms with Crippen molar-refractivity contribution < 1.29 is 9.90 Å². The molecule has 3 N–H and O–H groups in total. The number of carbonyl (C=O) groups excluding carboxylic acids is 1. The van der Waals surface area contributed by atoms with E-state index in [1.54, 1.807) is 30.5 Å². The Labute approximate surface area is 142 Å². The minimum atomic E-state index is -0.163. The van der Waals surface area contributed by atoms with Gasteiger partial charge in [0, 0.05) is 24.9 Å². The van der Waals surface area contributed by atoms with Gasteiger partial charge in [-0.05, 0) is 25.1 Å². The first-order valence-electron chi connectivity index (χ1n) is 7.16. The largest absolute Gasteiger partial charge is 0.508 e. The van der Waals surface area contributed by atoms with Crippen LogP contribution in [0.1, 0.15) is 12.6 Å². The molecule has 0 aliphatic heterocycles. The van der Waals surface area contributed by atoms with E-state index in [0.29, 0.717) is 22.5 Å². The van der Waals surface area contributed by atoms with Gasteiger partial charge < -0.3 is 15.7 Å². The van der Waals surface area contributed by atoms with E-state index in [4.69, 9.17) is 0 Å². The number of carbonyl (C=O) groups is 1. The van der Waals surface area contributed by atoms with Gasteiger partial charge >= 0.3 is 0 Å². The second kappa shape index (κ2) is 6.63. The van der Waals surface area contributed by atoms with Crippen LogP contribution in [0.5, 0.6) is 5.75 Å². The number of hydrogen-bond acceptors (Lipinski definition) is 7. The monoisotopic (exact) mass is 341 g/mol. The number of amides is 1. The van der Waals surface area contributed by atoms with Gasteiger partial charge in [0.1, 0.15) is 5.75 Å². The normalized spacial score (nSPS) is 10.4. The highest BCUT2D eigenvalue weighted by atomic mass is 32.1. The number of aromatic nitrogens is 3. The van der Waals surface area contributed by atoms with Crippen LogP contribution in [-0.2, 0) is 4.79 Å². The van der Waals surface area contributed by atoms with Gasteiger partial charge in [-0.3, -0.25) is 4.79 Å². The lowest BCUT2D eigenvalue weighted by Gasteiger charge is -2.06. The lowest BCUT2D eigenvalue weighted by Crippen LogP contribution is -2.04. The first kappa shape index (κ1) is 15.9. The maximum atomic E-state index is 11.2. The van der Waals surface area contributed by atoms with Gasteiger partial charge in [-0.2, -0.15) is 0 Å². The average molecular weight is 341 g/mol. The minimum absolute atomic E-state index is 0.161. The van der Waals surface area contributed by atoms with Gasteiger partial charge in [0.2, 0.25) is 11.9 Å². The minimum Gasteiger partial charge on any atom is -0.508 e. The van der Waals surface area contributed by atoms with Crippen molar-refractivity contribution in [3.63, 3.8) is 0 Å². The lowest BCUT2D eigenvalue weighted by molar-refractivity contribution is -0.114. The number of phenolic OH excluding ortho intramolecular Hbond substituents is 1. The summed E-state index contributed by atoms with van der Waals surface area (Å²) in [4.78, 5) is 25.0. The Hall–Kier alpha value is -3.00. The van der Waals surface area contributed by atoms with Crippen LogP contribution in [0.4, 0.5) is 16.8 Å². The molecular formula is C16H15N5O2S. The van der Waals surface area contributed by atoms with E-state index in [-0.39, 0.29) is 11.7 Å². The van der Waals surface area contributed by atoms with Crippen LogP contribution in [-0.4, -0.2) is 26.0 Å². The second-order valence-corrected chi connectivity index (χ2v) is 6.05. The topological polar surface area (TPSA) is 100 Å². The molecule has 2 aromatic heterocycles. The molecule has 24 heavy (non-hydrogen) atoms. The highest BCUT2D eigenvalue weighted by Gasteiger charge is 2.12. The SMILES string of the molecule is CC(=O)Nc1nc(C)c(-c2ccnc(Nc3cccc(O)c3)n2)s1. The Bertz CT molecular complexity index is 894. The molecule has 1 amide bonds. The van der Waals surface area contributed by atoms with Crippen LogP contribution >= 0.6 is 11.3 Å². The molecule has 8 heteroatoms. The summed E-state index contributed by atoms with van der Waals surface area (Å²) in [7, 11) is 0. The Morgan fingerprint density at radius 3 is 2.83 bits per heavy atom. The predicted octanol–water partition coefficient (Wildman–Crippen LogP) is 3.32. The van der Waals surface area contributed by atoms with E-state index in [1.165, 1.54) is 18.3 Å². The third-order valence-corrected chi connectivity index (χ3v) is 4.17. The Balaban J connectivity index is 1.88. The molecule has 0 saturated carbocycles.